The highest BCUT2D eigenvalue weighted by molar-refractivity contribution is 6.36. The zero-order chi connectivity index (χ0) is 11.6. The van der Waals surface area contributed by atoms with E-state index in [1.54, 1.807) is 6.92 Å². The summed E-state index contributed by atoms with van der Waals surface area (Å²) in [7, 11) is 0. The Hall–Kier alpha value is -1.49. The molecular formula is C9H7ClFNO3. The normalized spacial score (nSPS) is 10.1. The number of hydrogen-bond acceptors (Lipinski definition) is 3. The van der Waals surface area contributed by atoms with Gasteiger partial charge in [-0.25, -0.2) is 0 Å². The van der Waals surface area contributed by atoms with E-state index in [2.05, 4.69) is 0 Å². The zero-order valence-electron chi connectivity index (χ0n) is 7.79. The Kier molecular flexibility index (Phi) is 3.36. The summed E-state index contributed by atoms with van der Waals surface area (Å²) >= 11 is 5.58. The molecule has 6 heteroatoms. The summed E-state index contributed by atoms with van der Waals surface area (Å²) in [5.41, 5.74) is -0.872. The van der Waals surface area contributed by atoms with Gasteiger partial charge in [0.1, 0.15) is 5.02 Å². The van der Waals surface area contributed by atoms with Gasteiger partial charge < -0.3 is 0 Å². The maximum absolute atomic E-state index is 13.0. The van der Waals surface area contributed by atoms with Gasteiger partial charge in [0.05, 0.1) is 4.92 Å². The highest BCUT2D eigenvalue weighted by Gasteiger charge is 2.24. The summed E-state index contributed by atoms with van der Waals surface area (Å²) in [6.45, 7) is 1.59. The molecule has 80 valence electrons. The van der Waals surface area contributed by atoms with E-state index in [4.69, 9.17) is 11.6 Å². The number of carbonyl (C=O) groups is 1. The first-order valence-electron chi connectivity index (χ1n) is 4.14. The van der Waals surface area contributed by atoms with Crippen LogP contribution in [0.5, 0.6) is 0 Å². The molecule has 0 aliphatic carbocycles. The van der Waals surface area contributed by atoms with Gasteiger partial charge >= 0.3 is 5.69 Å². The number of benzene rings is 1. The number of ketones is 1. The van der Waals surface area contributed by atoms with Crippen LogP contribution in [0, 0.1) is 15.9 Å². The molecule has 0 fully saturated rings. The minimum absolute atomic E-state index is 0.0210. The molecule has 0 bridgehead atoms. The maximum Gasteiger partial charge on any atom is 0.323 e. The highest BCUT2D eigenvalue weighted by atomic mass is 35.5. The first-order valence-corrected chi connectivity index (χ1v) is 4.52. The van der Waals surface area contributed by atoms with Crippen molar-refractivity contribution in [1.82, 2.24) is 0 Å². The third-order valence-electron chi connectivity index (χ3n) is 1.87. The van der Waals surface area contributed by atoms with E-state index in [9.17, 15) is 19.3 Å². The van der Waals surface area contributed by atoms with Gasteiger partial charge in [-0.15, -0.1) is 0 Å². The Labute approximate surface area is 89.8 Å². The molecule has 0 heterocycles. The van der Waals surface area contributed by atoms with Crippen LogP contribution in [0.4, 0.5) is 10.1 Å². The molecule has 0 aliphatic rings. The molecule has 1 rings (SSSR count). The van der Waals surface area contributed by atoms with Crippen molar-refractivity contribution in [2.75, 3.05) is 0 Å². The maximum atomic E-state index is 13.0. The van der Waals surface area contributed by atoms with Crippen LogP contribution in [0.25, 0.3) is 0 Å². The molecule has 1 aromatic rings. The number of nitro benzene ring substituents is 1. The van der Waals surface area contributed by atoms with Crippen LogP contribution in [-0.4, -0.2) is 10.7 Å². The third kappa shape index (κ3) is 2.12. The van der Waals surface area contributed by atoms with Crippen molar-refractivity contribution in [1.29, 1.82) is 0 Å². The molecule has 0 aliphatic heterocycles. The second-order valence-corrected chi connectivity index (χ2v) is 3.17. The number of carbonyl (C=O) groups excluding carboxylic acids is 1. The van der Waals surface area contributed by atoms with Crippen molar-refractivity contribution in [3.8, 4) is 0 Å². The van der Waals surface area contributed by atoms with Crippen molar-refractivity contribution in [3.05, 3.63) is 38.7 Å². The fourth-order valence-electron chi connectivity index (χ4n) is 1.11. The topological polar surface area (TPSA) is 60.2 Å². The molecule has 0 N–H and O–H groups in total. The van der Waals surface area contributed by atoms with Crippen LogP contribution in [0.3, 0.4) is 0 Å². The summed E-state index contributed by atoms with van der Waals surface area (Å²) in [6, 6.07) is 2.02. The number of nitro groups is 1. The van der Waals surface area contributed by atoms with Crippen molar-refractivity contribution < 1.29 is 14.1 Å². The van der Waals surface area contributed by atoms with Gasteiger partial charge in [-0.3, -0.25) is 14.9 Å². The molecule has 15 heavy (non-hydrogen) atoms. The van der Waals surface area contributed by atoms with E-state index in [-0.39, 0.29) is 17.8 Å². The summed E-state index contributed by atoms with van der Waals surface area (Å²) in [5, 5.41) is 10.0. The summed E-state index contributed by atoms with van der Waals surface area (Å²) in [6.07, 6.45) is 0.155. The lowest BCUT2D eigenvalue weighted by Gasteiger charge is -2.02. The van der Waals surface area contributed by atoms with E-state index in [0.717, 1.165) is 12.1 Å². The number of Topliss-reactive ketones (excluding diaryl/α,β-unsaturated/α-hetero) is 1. The number of nitrogens with zero attached hydrogens (tertiary/aromatic N) is 1. The molecule has 0 atom stereocenters. The van der Waals surface area contributed by atoms with Crippen LogP contribution >= 0.6 is 11.6 Å². The third-order valence-corrected chi connectivity index (χ3v) is 2.25. The lowest BCUT2D eigenvalue weighted by Crippen LogP contribution is -2.02. The van der Waals surface area contributed by atoms with Gasteiger partial charge in [0.2, 0.25) is 5.82 Å². The molecule has 0 spiro atoms. The van der Waals surface area contributed by atoms with Crippen LogP contribution in [-0.2, 0) is 0 Å². The van der Waals surface area contributed by atoms with Crippen molar-refractivity contribution >= 4 is 23.1 Å². The zero-order valence-corrected chi connectivity index (χ0v) is 8.55. The van der Waals surface area contributed by atoms with Crippen LogP contribution in [0.15, 0.2) is 12.1 Å². The Morgan fingerprint density at radius 1 is 1.60 bits per heavy atom. The van der Waals surface area contributed by atoms with Gasteiger partial charge in [0.25, 0.3) is 0 Å². The monoisotopic (exact) mass is 231 g/mol. The fourth-order valence-corrected chi connectivity index (χ4v) is 1.44. The van der Waals surface area contributed by atoms with Crippen molar-refractivity contribution in [3.63, 3.8) is 0 Å². The van der Waals surface area contributed by atoms with Gasteiger partial charge in [0.15, 0.2) is 5.78 Å². The van der Waals surface area contributed by atoms with E-state index in [1.165, 1.54) is 0 Å². The van der Waals surface area contributed by atoms with Crippen LogP contribution in [0.1, 0.15) is 23.7 Å². The molecule has 0 radical (unpaired) electrons. The number of halogens is 2. The van der Waals surface area contributed by atoms with Gasteiger partial charge in [-0.2, -0.15) is 4.39 Å². The minimum atomic E-state index is -1.04. The molecule has 0 amide bonds. The highest BCUT2D eigenvalue weighted by Crippen LogP contribution is 2.31. The second kappa shape index (κ2) is 4.35. The van der Waals surface area contributed by atoms with Gasteiger partial charge in [0, 0.05) is 12.0 Å². The average Bonchev–Trinajstić information content (AvgIpc) is 2.16. The lowest BCUT2D eigenvalue weighted by molar-refractivity contribution is -0.387. The summed E-state index contributed by atoms with van der Waals surface area (Å²) in [4.78, 5) is 20.8. The lowest BCUT2D eigenvalue weighted by atomic mass is 10.1. The largest absolute Gasteiger partial charge is 0.323 e. The molecule has 0 unspecified atom stereocenters. The Balaban J connectivity index is 3.41. The first kappa shape index (κ1) is 11.6. The molecule has 1 aromatic carbocycles. The van der Waals surface area contributed by atoms with E-state index in [0.29, 0.717) is 0 Å². The van der Waals surface area contributed by atoms with E-state index >= 15 is 0 Å². The molecule has 0 saturated heterocycles. The van der Waals surface area contributed by atoms with E-state index < -0.39 is 21.5 Å². The predicted octanol–water partition coefficient (Wildman–Crippen LogP) is 2.98. The minimum Gasteiger partial charge on any atom is -0.294 e. The summed E-state index contributed by atoms with van der Waals surface area (Å²) in [5.74, 6) is -1.40. The van der Waals surface area contributed by atoms with Crippen LogP contribution in [0.2, 0.25) is 5.02 Å². The van der Waals surface area contributed by atoms with Crippen molar-refractivity contribution in [2.45, 2.75) is 13.3 Å². The van der Waals surface area contributed by atoms with Gasteiger partial charge in [-0.05, 0) is 12.1 Å². The molecule has 0 saturated carbocycles. The number of rotatable bonds is 3. The molecule has 0 aromatic heterocycles. The number of hydrogen-bond donors (Lipinski definition) is 0. The molecular weight excluding hydrogens is 225 g/mol. The predicted molar refractivity (Wildman–Crippen MR) is 52.7 cm³/mol. The Morgan fingerprint density at radius 3 is 2.67 bits per heavy atom. The van der Waals surface area contributed by atoms with Gasteiger partial charge in [-0.1, -0.05) is 18.5 Å². The van der Waals surface area contributed by atoms with Crippen molar-refractivity contribution in [2.24, 2.45) is 0 Å². The Morgan fingerprint density at radius 2 is 2.20 bits per heavy atom. The first-order chi connectivity index (χ1) is 6.99. The Bertz CT molecular complexity index is 434. The fraction of sp³-hybridized carbons (Fsp3) is 0.222. The quantitative estimate of drug-likeness (QED) is 0.456. The SMILES string of the molecule is CCC(=O)c1ccc(F)c([N+](=O)[O-])c1Cl. The van der Waals surface area contributed by atoms with Crippen LogP contribution < -0.4 is 0 Å². The average molecular weight is 232 g/mol. The standard InChI is InChI=1S/C9H7ClFNO3/c1-2-7(13)5-3-4-6(11)9(8(5)10)12(14)15/h3-4H,2H2,1H3. The second-order valence-electron chi connectivity index (χ2n) is 2.79. The summed E-state index contributed by atoms with van der Waals surface area (Å²) < 4.78 is 13.0. The van der Waals surface area contributed by atoms with E-state index in [1.807, 2.05) is 0 Å². The molecule has 4 nitrogen and oxygen atoms in total. The smallest absolute Gasteiger partial charge is 0.294 e.